The summed E-state index contributed by atoms with van der Waals surface area (Å²) in [5, 5.41) is 20.2. The van der Waals surface area contributed by atoms with E-state index in [0.717, 1.165) is 0 Å². The highest BCUT2D eigenvalue weighted by atomic mass is 19.4. The average Bonchev–Trinajstić information content (AvgIpc) is 3.09. The molecule has 192 valence electrons. The van der Waals surface area contributed by atoms with Crippen LogP contribution in [0, 0.1) is 22.7 Å². The predicted molar refractivity (Wildman–Crippen MR) is 112 cm³/mol. The lowest BCUT2D eigenvalue weighted by Crippen LogP contribution is -2.55. The van der Waals surface area contributed by atoms with Crippen LogP contribution in [0.15, 0.2) is 12.2 Å². The summed E-state index contributed by atoms with van der Waals surface area (Å²) in [5.74, 6) is -0.697. The number of carbonyl (C=O) groups excluding carboxylic acids is 1. The fourth-order valence-corrected chi connectivity index (χ4v) is 6.09. The third-order valence-electron chi connectivity index (χ3n) is 7.80. The van der Waals surface area contributed by atoms with Crippen molar-refractivity contribution in [3.63, 3.8) is 0 Å². The smallest absolute Gasteiger partial charge is 0.390 e. The molecule has 2 N–H and O–H groups in total. The number of aliphatic hydroxyl groups is 2. The Kier molecular flexibility index (Phi) is 5.60. The van der Waals surface area contributed by atoms with Gasteiger partial charge in [-0.05, 0) is 81.5 Å². The number of fused-ring (bicyclic) bond motifs is 1. The normalized spacial score (nSPS) is 32.8. The second-order valence-electron chi connectivity index (χ2n) is 10.2. The molecule has 2 fully saturated rings. The molecule has 2 rings (SSSR count). The summed E-state index contributed by atoms with van der Waals surface area (Å²) in [6, 6.07) is 0. The topological polar surface area (TPSA) is 57.5 Å². The lowest BCUT2D eigenvalue weighted by molar-refractivity contribution is -0.347. The molecule has 0 bridgehead atoms. The number of hydrogen-bond acceptors (Lipinski definition) is 3. The molecule has 0 aromatic carbocycles. The van der Waals surface area contributed by atoms with Crippen molar-refractivity contribution in [2.45, 2.75) is 109 Å². The molecule has 0 saturated heterocycles. The van der Waals surface area contributed by atoms with Crippen LogP contribution in [0.5, 0.6) is 0 Å². The molecule has 0 spiro atoms. The Hall–Kier alpha value is -1.09. The van der Waals surface area contributed by atoms with Crippen LogP contribution in [0.4, 0.5) is 26.3 Å². The van der Waals surface area contributed by atoms with Gasteiger partial charge in [-0.2, -0.15) is 26.3 Å². The van der Waals surface area contributed by atoms with Gasteiger partial charge in [-0.3, -0.25) is 4.79 Å². The maximum atomic E-state index is 13.2. The third-order valence-corrected chi connectivity index (χ3v) is 7.80. The Labute approximate surface area is 200 Å². The van der Waals surface area contributed by atoms with Crippen LogP contribution in [-0.2, 0) is 4.79 Å². The first-order valence-corrected chi connectivity index (χ1v) is 11.1. The van der Waals surface area contributed by atoms with Crippen molar-refractivity contribution in [2.24, 2.45) is 22.7 Å². The SMILES string of the molecule is [2H]C([2H])([2H])C(O)(CCC[C@](C)(C/C=C\C(O)(C(F)(F)F)C(F)(F)F)[C@H]1CC[C@H]2C(=O)CCC[C@]12C)C([2H])([2H])[2H]. The highest BCUT2D eigenvalue weighted by Gasteiger charge is 2.69. The van der Waals surface area contributed by atoms with E-state index in [1.807, 2.05) is 6.92 Å². The first-order valence-electron chi connectivity index (χ1n) is 14.1. The minimum atomic E-state index is -6.05. The van der Waals surface area contributed by atoms with Gasteiger partial charge in [-0.1, -0.05) is 26.3 Å². The summed E-state index contributed by atoms with van der Waals surface area (Å²) < 4.78 is 125. The molecule has 2 aliphatic rings. The number of Topliss-reactive ketones (excluding diaryl/α,β-unsaturated/α-hetero) is 1. The summed E-state index contributed by atoms with van der Waals surface area (Å²) in [6.07, 6.45) is -10.8. The summed E-state index contributed by atoms with van der Waals surface area (Å²) in [4.78, 5) is 12.6. The Morgan fingerprint density at radius 1 is 1.09 bits per heavy atom. The van der Waals surface area contributed by atoms with E-state index in [0.29, 0.717) is 38.2 Å². The maximum absolute atomic E-state index is 13.2. The van der Waals surface area contributed by atoms with Gasteiger partial charge in [0, 0.05) is 20.6 Å². The van der Waals surface area contributed by atoms with E-state index in [-0.39, 0.29) is 36.5 Å². The largest absolute Gasteiger partial charge is 0.429 e. The van der Waals surface area contributed by atoms with Crippen molar-refractivity contribution in [3.8, 4) is 0 Å². The third kappa shape index (κ3) is 5.77. The number of carbonyl (C=O) groups is 1. The minimum Gasteiger partial charge on any atom is -0.390 e. The number of allylic oxidation sites excluding steroid dienone is 1. The molecular formula is C24H36F6O3. The van der Waals surface area contributed by atoms with Gasteiger partial charge in [0.1, 0.15) is 5.78 Å². The molecular weight excluding hydrogens is 450 g/mol. The predicted octanol–water partition coefficient (Wildman–Crippen LogP) is 6.52. The molecule has 2 aliphatic carbocycles. The number of hydrogen-bond donors (Lipinski definition) is 2. The minimum absolute atomic E-state index is 0.0341. The second-order valence-corrected chi connectivity index (χ2v) is 10.2. The average molecular weight is 493 g/mol. The molecule has 0 amide bonds. The quantitative estimate of drug-likeness (QED) is 0.300. The van der Waals surface area contributed by atoms with Gasteiger partial charge in [-0.25, -0.2) is 0 Å². The Morgan fingerprint density at radius 3 is 2.24 bits per heavy atom. The monoisotopic (exact) mass is 492 g/mol. The van der Waals surface area contributed by atoms with E-state index in [1.54, 1.807) is 6.92 Å². The Balaban J connectivity index is 2.45. The van der Waals surface area contributed by atoms with E-state index in [2.05, 4.69) is 0 Å². The van der Waals surface area contributed by atoms with E-state index in [4.69, 9.17) is 8.22 Å². The van der Waals surface area contributed by atoms with E-state index < -0.39 is 60.9 Å². The molecule has 0 radical (unpaired) electrons. The first-order chi connectivity index (χ1) is 17.3. The number of halogens is 6. The molecule has 0 aromatic heterocycles. The zero-order valence-corrected chi connectivity index (χ0v) is 18.7. The summed E-state index contributed by atoms with van der Waals surface area (Å²) >= 11 is 0. The zero-order valence-electron chi connectivity index (χ0n) is 24.7. The van der Waals surface area contributed by atoms with Crippen LogP contribution < -0.4 is 0 Å². The van der Waals surface area contributed by atoms with Crippen molar-refractivity contribution in [1.82, 2.24) is 0 Å². The van der Waals surface area contributed by atoms with Crippen LogP contribution >= 0.6 is 0 Å². The standard InChI is InChI=1S/C24H36F6O3/c1-19(2,32)11-6-12-20(3,13-7-15-22(33,23(25,26)27)24(28,29)30)18-10-9-16-17(31)8-5-14-21(16,18)4/h7,15-16,18,32-33H,5-6,8-14H2,1-4H3/b15-7-/t16-,18+,20+,21-/m0/s1/i1D3,2D3. The second kappa shape index (κ2) is 9.17. The van der Waals surface area contributed by atoms with Gasteiger partial charge >= 0.3 is 12.4 Å². The molecule has 0 unspecified atom stereocenters. The molecule has 3 nitrogen and oxygen atoms in total. The van der Waals surface area contributed by atoms with Crippen molar-refractivity contribution < 1.29 is 49.6 Å². The molecule has 0 aromatic rings. The van der Waals surface area contributed by atoms with Gasteiger partial charge < -0.3 is 10.2 Å². The van der Waals surface area contributed by atoms with E-state index >= 15 is 0 Å². The summed E-state index contributed by atoms with van der Waals surface area (Å²) in [6.45, 7) is -3.12. The van der Waals surface area contributed by atoms with Crippen molar-refractivity contribution in [3.05, 3.63) is 12.2 Å². The molecule has 0 aliphatic heterocycles. The highest BCUT2D eigenvalue weighted by molar-refractivity contribution is 5.83. The fourth-order valence-electron chi connectivity index (χ4n) is 6.09. The highest BCUT2D eigenvalue weighted by Crippen LogP contribution is 2.61. The Bertz CT molecular complexity index is 901. The van der Waals surface area contributed by atoms with Crippen LogP contribution in [0.2, 0.25) is 0 Å². The van der Waals surface area contributed by atoms with E-state index in [1.165, 1.54) is 0 Å². The molecule has 0 heterocycles. The number of rotatable bonds is 8. The van der Waals surface area contributed by atoms with Crippen LogP contribution in [-0.4, -0.2) is 39.6 Å². The summed E-state index contributed by atoms with van der Waals surface area (Å²) in [5.41, 5.74) is -9.90. The maximum Gasteiger partial charge on any atom is 0.429 e. The molecule has 4 atom stereocenters. The van der Waals surface area contributed by atoms with Gasteiger partial charge in [0.15, 0.2) is 0 Å². The zero-order chi connectivity index (χ0) is 30.5. The van der Waals surface area contributed by atoms with Gasteiger partial charge in [0.25, 0.3) is 5.60 Å². The van der Waals surface area contributed by atoms with Gasteiger partial charge in [0.05, 0.1) is 5.60 Å². The van der Waals surface area contributed by atoms with Crippen molar-refractivity contribution in [1.29, 1.82) is 0 Å². The van der Waals surface area contributed by atoms with E-state index in [9.17, 15) is 41.4 Å². The molecule has 2 saturated carbocycles. The van der Waals surface area contributed by atoms with Crippen molar-refractivity contribution >= 4 is 5.78 Å². The van der Waals surface area contributed by atoms with Crippen LogP contribution in [0.25, 0.3) is 0 Å². The fraction of sp³-hybridized carbons (Fsp3) is 0.875. The van der Waals surface area contributed by atoms with Gasteiger partial charge in [-0.15, -0.1) is 0 Å². The van der Waals surface area contributed by atoms with Crippen LogP contribution in [0.3, 0.4) is 0 Å². The van der Waals surface area contributed by atoms with Crippen LogP contribution in [0.1, 0.15) is 93.6 Å². The number of alkyl halides is 6. The lowest BCUT2D eigenvalue weighted by Gasteiger charge is -2.48. The lowest BCUT2D eigenvalue weighted by atomic mass is 9.56. The first kappa shape index (κ1) is 20.1. The molecule has 9 heteroatoms. The van der Waals surface area contributed by atoms with Crippen molar-refractivity contribution in [2.75, 3.05) is 0 Å². The molecule has 33 heavy (non-hydrogen) atoms. The summed E-state index contributed by atoms with van der Waals surface area (Å²) in [7, 11) is 0. The van der Waals surface area contributed by atoms with Gasteiger partial charge in [0.2, 0.25) is 0 Å². The number of ketones is 1. The Morgan fingerprint density at radius 2 is 1.70 bits per heavy atom.